The van der Waals surface area contributed by atoms with Gasteiger partial charge in [0.15, 0.2) is 22.1 Å². The molecule has 0 aliphatic rings. The number of aryl methyl sites for hydroxylation is 2. The largest absolute Gasteiger partial charge is 0.382 e. The van der Waals surface area contributed by atoms with Crippen molar-refractivity contribution >= 4 is 40.3 Å². The first-order valence-corrected chi connectivity index (χ1v) is 8.50. The minimum Gasteiger partial charge on any atom is -0.382 e. The van der Waals surface area contributed by atoms with Gasteiger partial charge in [-0.25, -0.2) is 19.9 Å². The number of imidazole rings is 1. The number of pyridine rings is 1. The van der Waals surface area contributed by atoms with Gasteiger partial charge in [-0.3, -0.25) is 0 Å². The minimum absolute atomic E-state index is 0.362. The van der Waals surface area contributed by atoms with E-state index in [-0.39, 0.29) is 0 Å². The lowest BCUT2D eigenvalue weighted by Crippen LogP contribution is -2.01. The van der Waals surface area contributed by atoms with Gasteiger partial charge in [-0.15, -0.1) is 12.3 Å². The van der Waals surface area contributed by atoms with Crippen molar-refractivity contribution in [2.45, 2.75) is 36.4 Å². The van der Waals surface area contributed by atoms with Crippen molar-refractivity contribution in [2.24, 2.45) is 0 Å². The van der Waals surface area contributed by atoms with E-state index in [1.54, 1.807) is 6.07 Å². The van der Waals surface area contributed by atoms with Gasteiger partial charge in [-0.1, -0.05) is 23.4 Å². The molecule has 3 aromatic heterocycles. The quantitative estimate of drug-likeness (QED) is 0.428. The molecule has 0 atom stereocenters. The molecule has 0 saturated carbocycles. The van der Waals surface area contributed by atoms with Gasteiger partial charge in [0.05, 0.1) is 0 Å². The SMILES string of the molecule is C#CCCCn1c(Sc2cc(C)nc(Cl)c2)nc2c(N)ncnc21. The predicted molar refractivity (Wildman–Crippen MR) is 95.9 cm³/mol. The van der Waals surface area contributed by atoms with Crippen LogP contribution in [0.15, 0.2) is 28.5 Å². The summed E-state index contributed by atoms with van der Waals surface area (Å²) >= 11 is 7.53. The van der Waals surface area contributed by atoms with Crippen molar-refractivity contribution in [3.8, 4) is 12.3 Å². The molecule has 122 valence electrons. The summed E-state index contributed by atoms with van der Waals surface area (Å²) in [6.07, 6.45) is 8.31. The van der Waals surface area contributed by atoms with E-state index >= 15 is 0 Å². The number of nitrogen functional groups attached to an aromatic ring is 1. The summed E-state index contributed by atoms with van der Waals surface area (Å²) in [6, 6.07) is 3.76. The first-order chi connectivity index (χ1) is 11.6. The van der Waals surface area contributed by atoms with Crippen molar-refractivity contribution in [3.63, 3.8) is 0 Å². The van der Waals surface area contributed by atoms with E-state index in [9.17, 15) is 0 Å². The number of hydrogen-bond donors (Lipinski definition) is 1. The Morgan fingerprint density at radius 1 is 1.33 bits per heavy atom. The van der Waals surface area contributed by atoms with E-state index in [4.69, 9.17) is 23.8 Å². The summed E-state index contributed by atoms with van der Waals surface area (Å²) in [7, 11) is 0. The number of nitrogens with two attached hydrogens (primary N) is 1. The van der Waals surface area contributed by atoms with Crippen molar-refractivity contribution < 1.29 is 0 Å². The second-order valence-corrected chi connectivity index (χ2v) is 6.58. The summed E-state index contributed by atoms with van der Waals surface area (Å²) in [5.41, 5.74) is 8.08. The highest BCUT2D eigenvalue weighted by atomic mass is 35.5. The molecule has 0 fully saturated rings. The van der Waals surface area contributed by atoms with E-state index < -0.39 is 0 Å². The Bertz CT molecular complexity index is 910. The van der Waals surface area contributed by atoms with Crippen LogP contribution in [0.5, 0.6) is 0 Å². The van der Waals surface area contributed by atoms with Crippen LogP contribution in [0.2, 0.25) is 5.15 Å². The number of hydrogen-bond acceptors (Lipinski definition) is 6. The molecule has 0 saturated heterocycles. The van der Waals surface area contributed by atoms with Gasteiger partial charge < -0.3 is 10.3 Å². The maximum Gasteiger partial charge on any atom is 0.175 e. The molecule has 0 amide bonds. The maximum atomic E-state index is 6.05. The molecule has 0 radical (unpaired) electrons. The summed E-state index contributed by atoms with van der Waals surface area (Å²) in [4.78, 5) is 18.1. The molecule has 6 nitrogen and oxygen atoms in total. The number of unbranched alkanes of at least 4 members (excludes halogenated alkanes) is 1. The van der Waals surface area contributed by atoms with E-state index in [1.807, 2.05) is 17.6 Å². The van der Waals surface area contributed by atoms with Crippen LogP contribution in [0.25, 0.3) is 11.2 Å². The second-order valence-electron chi connectivity index (χ2n) is 5.15. The summed E-state index contributed by atoms with van der Waals surface area (Å²) < 4.78 is 2.01. The van der Waals surface area contributed by atoms with E-state index in [0.29, 0.717) is 35.1 Å². The zero-order valence-electron chi connectivity index (χ0n) is 13.0. The van der Waals surface area contributed by atoms with Crippen LogP contribution in [0.4, 0.5) is 5.82 Å². The minimum atomic E-state index is 0.362. The molecule has 0 unspecified atom stereocenters. The highest BCUT2D eigenvalue weighted by Crippen LogP contribution is 2.32. The summed E-state index contributed by atoms with van der Waals surface area (Å²) in [6.45, 7) is 2.60. The molecule has 3 aromatic rings. The van der Waals surface area contributed by atoms with E-state index in [0.717, 1.165) is 22.2 Å². The zero-order chi connectivity index (χ0) is 17.1. The molecule has 0 spiro atoms. The Morgan fingerprint density at radius 3 is 2.92 bits per heavy atom. The van der Waals surface area contributed by atoms with Gasteiger partial charge in [0.25, 0.3) is 0 Å². The normalized spacial score (nSPS) is 10.9. The van der Waals surface area contributed by atoms with Crippen LogP contribution in [-0.2, 0) is 6.54 Å². The molecular weight excluding hydrogens is 344 g/mol. The van der Waals surface area contributed by atoms with Gasteiger partial charge in [0, 0.05) is 23.6 Å². The maximum absolute atomic E-state index is 6.05. The van der Waals surface area contributed by atoms with Crippen molar-refractivity contribution in [1.82, 2.24) is 24.5 Å². The number of fused-ring (bicyclic) bond motifs is 1. The highest BCUT2D eigenvalue weighted by molar-refractivity contribution is 7.99. The third-order valence-corrected chi connectivity index (χ3v) is 4.49. The Labute approximate surface area is 148 Å². The molecule has 3 heterocycles. The molecule has 3 rings (SSSR count). The molecule has 0 aliphatic carbocycles. The van der Waals surface area contributed by atoms with Gasteiger partial charge >= 0.3 is 0 Å². The molecular formula is C16H15ClN6S. The topological polar surface area (TPSA) is 82.5 Å². The average Bonchev–Trinajstić information content (AvgIpc) is 2.86. The van der Waals surface area contributed by atoms with Crippen LogP contribution in [0, 0.1) is 19.3 Å². The Balaban J connectivity index is 2.03. The van der Waals surface area contributed by atoms with E-state index in [2.05, 4.69) is 25.9 Å². The fourth-order valence-electron chi connectivity index (χ4n) is 2.31. The fraction of sp³-hybridized carbons (Fsp3) is 0.250. The molecule has 0 aromatic carbocycles. The second kappa shape index (κ2) is 7.07. The fourth-order valence-corrected chi connectivity index (χ4v) is 3.67. The van der Waals surface area contributed by atoms with Crippen LogP contribution >= 0.6 is 23.4 Å². The standard InChI is InChI=1S/C16H15ClN6S/c1-3-4-5-6-23-15-13(14(18)19-9-20-15)22-16(23)24-11-7-10(2)21-12(17)8-11/h1,7-9H,4-6H2,2H3,(H2,18,19,20). The number of terminal acetylenes is 1. The van der Waals surface area contributed by atoms with Gasteiger partial charge in [-0.2, -0.15) is 0 Å². The third-order valence-electron chi connectivity index (χ3n) is 3.33. The number of rotatable bonds is 5. The lowest BCUT2D eigenvalue weighted by molar-refractivity contribution is 0.615. The summed E-state index contributed by atoms with van der Waals surface area (Å²) in [5.74, 6) is 3.01. The summed E-state index contributed by atoms with van der Waals surface area (Å²) in [5, 5.41) is 1.22. The molecule has 0 aliphatic heterocycles. The van der Waals surface area contributed by atoms with Crippen LogP contribution in [0.3, 0.4) is 0 Å². The lowest BCUT2D eigenvalue weighted by atomic mass is 10.3. The Kier molecular flexibility index (Phi) is 4.88. The lowest BCUT2D eigenvalue weighted by Gasteiger charge is -2.07. The smallest absolute Gasteiger partial charge is 0.175 e. The van der Waals surface area contributed by atoms with Gasteiger partial charge in [0.2, 0.25) is 0 Å². The molecule has 8 heteroatoms. The number of nitrogens with zero attached hydrogens (tertiary/aromatic N) is 5. The first-order valence-electron chi connectivity index (χ1n) is 7.30. The molecule has 0 bridgehead atoms. The van der Waals surface area contributed by atoms with Gasteiger partial charge in [-0.05, 0) is 25.5 Å². The number of halogens is 1. The van der Waals surface area contributed by atoms with E-state index in [1.165, 1.54) is 18.1 Å². The van der Waals surface area contributed by atoms with Crippen LogP contribution in [0.1, 0.15) is 18.5 Å². The molecule has 2 N–H and O–H groups in total. The Morgan fingerprint density at radius 2 is 2.17 bits per heavy atom. The predicted octanol–water partition coefficient (Wildman–Crippen LogP) is 3.33. The van der Waals surface area contributed by atoms with Crippen LogP contribution in [-0.4, -0.2) is 24.5 Å². The monoisotopic (exact) mass is 358 g/mol. The third kappa shape index (κ3) is 3.45. The molecule has 24 heavy (non-hydrogen) atoms. The van der Waals surface area contributed by atoms with Crippen LogP contribution < -0.4 is 5.73 Å². The van der Waals surface area contributed by atoms with Crippen molar-refractivity contribution in [2.75, 3.05) is 5.73 Å². The first kappa shape index (κ1) is 16.6. The highest BCUT2D eigenvalue weighted by Gasteiger charge is 2.16. The zero-order valence-corrected chi connectivity index (χ0v) is 14.6. The van der Waals surface area contributed by atoms with Crippen molar-refractivity contribution in [1.29, 1.82) is 0 Å². The van der Waals surface area contributed by atoms with Crippen molar-refractivity contribution in [3.05, 3.63) is 29.3 Å². The number of anilines is 1. The Hall–Kier alpha value is -2.30. The van der Waals surface area contributed by atoms with Gasteiger partial charge in [0.1, 0.15) is 11.5 Å². The number of aromatic nitrogens is 5. The average molecular weight is 359 g/mol.